The van der Waals surface area contributed by atoms with Crippen LogP contribution in [0.5, 0.6) is 11.5 Å². The van der Waals surface area contributed by atoms with Crippen molar-refractivity contribution in [3.05, 3.63) is 141 Å². The lowest BCUT2D eigenvalue weighted by Gasteiger charge is -2.43. The highest BCUT2D eigenvalue weighted by molar-refractivity contribution is 9.11. The first-order chi connectivity index (χ1) is 55.6. The van der Waals surface area contributed by atoms with E-state index >= 15 is 0 Å². The Kier molecular flexibility index (Phi) is 34.3. The van der Waals surface area contributed by atoms with E-state index in [2.05, 4.69) is 172 Å². The Morgan fingerprint density at radius 1 is 0.581 bits per heavy atom. The second-order valence-corrected chi connectivity index (χ2v) is 41.0. The number of halogens is 3. The fourth-order valence-electron chi connectivity index (χ4n) is 14.2. The van der Waals surface area contributed by atoms with Gasteiger partial charge in [0.15, 0.2) is 0 Å². The molecule has 5 aromatic carbocycles. The maximum absolute atomic E-state index is 13.5. The molecule has 4 aromatic heterocycles. The number of rotatable bonds is 23. The molecule has 0 atom stereocenters. The number of benzene rings is 5. The minimum absolute atomic E-state index is 0.0666. The smallest absolute Gasteiger partial charge is 0.294 e. The summed E-state index contributed by atoms with van der Waals surface area (Å²) < 4.78 is 68.7. The molecule has 4 fully saturated rings. The number of unbranched alkanes of at least 4 members (excludes halogenated alkanes) is 1. The summed E-state index contributed by atoms with van der Waals surface area (Å²) >= 11 is 12.9. The van der Waals surface area contributed by atoms with Crippen molar-refractivity contribution in [3.63, 3.8) is 0 Å². The number of nitrogen functional groups attached to an aromatic ring is 1. The highest BCUT2D eigenvalue weighted by atomic mass is 79.9. The van der Waals surface area contributed by atoms with Gasteiger partial charge in [-0.05, 0) is 223 Å². The van der Waals surface area contributed by atoms with Crippen LogP contribution in [0.25, 0.3) is 22.5 Å². The number of ether oxygens (including phenoxy) is 2. The van der Waals surface area contributed by atoms with E-state index < -0.39 is 24.4 Å². The summed E-state index contributed by atoms with van der Waals surface area (Å²) in [6, 6.07) is 27.7. The van der Waals surface area contributed by atoms with Gasteiger partial charge >= 0.3 is 0 Å². The molecule has 9 aromatic rings. The summed E-state index contributed by atoms with van der Waals surface area (Å²) in [6.45, 7) is 37.5. The third-order valence-corrected chi connectivity index (χ3v) is 26.3. The van der Waals surface area contributed by atoms with E-state index in [0.717, 1.165) is 122 Å². The van der Waals surface area contributed by atoms with E-state index in [4.69, 9.17) is 41.5 Å². The number of aryl methyl sites for hydroxylation is 3. The zero-order chi connectivity index (χ0) is 85.1. The molecule has 4 aliphatic heterocycles. The number of anilines is 9. The van der Waals surface area contributed by atoms with E-state index in [1.165, 1.54) is 99.6 Å². The molecule has 4 saturated heterocycles. The van der Waals surface area contributed by atoms with Gasteiger partial charge in [0.1, 0.15) is 48.8 Å². The third-order valence-electron chi connectivity index (χ3n) is 21.0. The van der Waals surface area contributed by atoms with E-state index in [9.17, 15) is 17.5 Å². The number of nitrogens with two attached hydrogens (primary N) is 1. The van der Waals surface area contributed by atoms with Crippen molar-refractivity contribution in [3.8, 4) is 34.0 Å². The second-order valence-electron chi connectivity index (χ2n) is 31.1. The lowest BCUT2D eigenvalue weighted by molar-refractivity contribution is 0.0982. The maximum Gasteiger partial charge on any atom is 0.294 e. The first kappa shape index (κ1) is 93.2. The van der Waals surface area contributed by atoms with Gasteiger partial charge in [-0.15, -0.1) is 0 Å². The van der Waals surface area contributed by atoms with Crippen LogP contribution in [0, 0.1) is 6.92 Å². The fraction of sp³-hybridized carbons (Fsp3) is 0.494. The molecule has 0 amide bonds. The fourth-order valence-corrected chi connectivity index (χ4v) is 17.7. The summed E-state index contributed by atoms with van der Waals surface area (Å²) in [7, 11) is -1.47. The number of likely N-dealkylation sites (N-methyl/N-ethyl adjacent to an activating group) is 2. The number of methoxy groups -OCH3 is 2. The van der Waals surface area contributed by atoms with Gasteiger partial charge in [0, 0.05) is 155 Å². The van der Waals surface area contributed by atoms with Crippen molar-refractivity contribution in [1.82, 2.24) is 69.5 Å². The normalized spacial score (nSPS) is 15.6. The van der Waals surface area contributed by atoms with Gasteiger partial charge in [0.05, 0.1) is 75.3 Å². The summed E-state index contributed by atoms with van der Waals surface area (Å²) in [5.74, 6) is 3.00. The van der Waals surface area contributed by atoms with Gasteiger partial charge in [0.25, 0.3) is 10.1 Å². The van der Waals surface area contributed by atoms with Crippen LogP contribution in [0.2, 0.25) is 5.28 Å². The highest BCUT2D eigenvalue weighted by Gasteiger charge is 2.31. The zero-order valence-electron chi connectivity index (χ0n) is 70.6. The van der Waals surface area contributed by atoms with Crippen LogP contribution in [-0.2, 0) is 32.1 Å². The van der Waals surface area contributed by atoms with Crippen LogP contribution in [0.15, 0.2) is 124 Å². The van der Waals surface area contributed by atoms with Gasteiger partial charge in [-0.2, -0.15) is 48.4 Å². The highest BCUT2D eigenvalue weighted by Crippen LogP contribution is 2.44. The Labute approximate surface area is 713 Å². The predicted molar refractivity (Wildman–Crippen MR) is 485 cm³/mol. The van der Waals surface area contributed by atoms with Crippen LogP contribution < -0.4 is 51.6 Å². The number of nitrogens with one attached hydrogen (secondary N) is 3. The molecule has 4 aliphatic rings. The molecular formula is C83H119Br2ClN20O8P2S. The molecule has 636 valence electrons. The van der Waals surface area contributed by atoms with E-state index in [1.54, 1.807) is 87.4 Å². The quantitative estimate of drug-likeness (QED) is 0.0150. The summed E-state index contributed by atoms with van der Waals surface area (Å²) in [5.41, 5.74) is 18.3. The Hall–Kier alpha value is -7.64. The predicted octanol–water partition coefficient (Wildman–Crippen LogP) is 15.4. The average Bonchev–Trinajstić information content (AvgIpc) is 1.74. The number of aliphatic hydroxyl groups excluding tert-OH is 1. The number of nitrogens with zero attached hydrogens (tertiary/aromatic N) is 16. The number of hydrogen-bond donors (Lipinski definition) is 6. The van der Waals surface area contributed by atoms with E-state index in [1.807, 2.05) is 71.0 Å². The monoisotopic (exact) mass is 1810 g/mol. The molecule has 0 spiro atoms. The summed E-state index contributed by atoms with van der Waals surface area (Å²) in [4.78, 5) is 36.0. The standard InChI is InChI=1S/C36H50BrN10O2P.C19H32N4O.C17H19BrClN6OP.C7H8O3S.C4H10O/c1-8-25-19-30(33(49-5)21-32(25)46-13-11-27(12-14-46)45-17-15-44(4)16-18-45)41-36-38-22-28(37)35(42-36)40-29-10-9-26(20-34(29)50(6,7)48)31-23-39-47(43-31)24(2)3;1-4-15-13-17(20)19(24-3)14-18(15)23-7-5-16(6-8-23)22-11-9-21(2)10-12-22;1-10(2)25-21-9-14(24-25)11-5-6-13(15(7-11)27(3,4)26)22-16-12(18)8-20-17(19)23-16;1-6-2-4-7(5-3-6)11(8,9)10;1-2-3-4-5/h9-10,19-24,27H,8,11-18H2,1-7H3,(H2,38,40,41,42);13-14,16H,4-12,20H2,1-3H3;5-10H,1-4H3,(H,20,22,23);2-5H,1H3,(H,8,9,10);5H,2-4H2,1H3. The van der Waals surface area contributed by atoms with Crippen LogP contribution >= 0.6 is 57.7 Å². The Bertz CT molecular complexity index is 4940. The SMILES string of the molecule is CC(C)n1ncc(-c2ccc(Nc3nc(Cl)ncc3Br)c(P(C)(C)=O)c2)n1.CCCCO.CCc1cc(N)c(OC)cc1N1CCC(N2CCN(C)CC2)CC1.CCc1cc(Nc2ncc(Br)c(Nc3ccc(-c4cnn(C(C)C)n4)cc3P(C)(C)=O)n2)c(OC)cc1N1CCC(N2CCN(C)CC2)CC1.Cc1ccc(S(=O)(=O)O)cc1. The largest absolute Gasteiger partial charge is 0.495 e. The lowest BCUT2D eigenvalue weighted by atomic mass is 9.99. The Balaban J connectivity index is 0.000000195. The number of piperazine rings is 2. The minimum atomic E-state index is -4.02. The van der Waals surface area contributed by atoms with Crippen LogP contribution in [0.1, 0.15) is 116 Å². The molecule has 13 rings (SSSR count). The number of piperidine rings is 2. The summed E-state index contributed by atoms with van der Waals surface area (Å²) in [5, 5.41) is 37.4. The molecule has 7 N–H and O–H groups in total. The van der Waals surface area contributed by atoms with Crippen LogP contribution in [0.3, 0.4) is 0 Å². The molecule has 34 heteroatoms. The number of aromatic nitrogens is 10. The van der Waals surface area contributed by atoms with Crippen LogP contribution in [0.4, 0.5) is 51.7 Å². The molecule has 0 radical (unpaired) electrons. The van der Waals surface area contributed by atoms with Crippen molar-refractivity contribution in [2.75, 3.05) is 172 Å². The molecular weight excluding hydrogens is 1690 g/mol. The van der Waals surface area contributed by atoms with Gasteiger partial charge in [-0.1, -0.05) is 57.0 Å². The van der Waals surface area contributed by atoms with Gasteiger partial charge in [0.2, 0.25) is 11.2 Å². The zero-order valence-corrected chi connectivity index (χ0v) is 77.1. The van der Waals surface area contributed by atoms with Crippen molar-refractivity contribution >= 4 is 130 Å². The van der Waals surface area contributed by atoms with Gasteiger partial charge in [-0.25, -0.2) is 9.97 Å². The molecule has 0 aliphatic carbocycles. The van der Waals surface area contributed by atoms with E-state index in [-0.39, 0.29) is 22.3 Å². The molecule has 0 bridgehead atoms. The molecule has 8 heterocycles. The Morgan fingerprint density at radius 2 is 1.02 bits per heavy atom. The lowest BCUT2D eigenvalue weighted by Crippen LogP contribution is -2.52. The molecule has 28 nitrogen and oxygen atoms in total. The van der Waals surface area contributed by atoms with Crippen LogP contribution in [-0.4, -0.2) is 240 Å². The topological polar surface area (TPSA) is 322 Å². The molecule has 0 saturated carbocycles. The average molecular weight is 1810 g/mol. The molecule has 117 heavy (non-hydrogen) atoms. The second kappa shape index (κ2) is 43.0. The minimum Gasteiger partial charge on any atom is -0.495 e. The van der Waals surface area contributed by atoms with Gasteiger partial charge in [-0.3, -0.25) is 14.4 Å². The van der Waals surface area contributed by atoms with Crippen molar-refractivity contribution in [2.45, 2.75) is 136 Å². The number of hydrogen-bond acceptors (Lipinski definition) is 25. The number of aliphatic hydroxyl groups is 1. The first-order valence-corrected chi connectivity index (χ1v) is 48.6. The molecule has 0 unspecified atom stereocenters. The van der Waals surface area contributed by atoms with Crippen molar-refractivity contribution in [2.24, 2.45) is 0 Å². The maximum atomic E-state index is 13.5. The third kappa shape index (κ3) is 26.2. The first-order valence-electron chi connectivity index (χ1n) is 40.0. The van der Waals surface area contributed by atoms with E-state index in [0.29, 0.717) is 61.2 Å². The Morgan fingerprint density at radius 3 is 1.41 bits per heavy atom. The van der Waals surface area contributed by atoms with Crippen molar-refractivity contribution in [1.29, 1.82) is 0 Å². The summed E-state index contributed by atoms with van der Waals surface area (Å²) in [6.07, 6.45) is 15.5. The van der Waals surface area contributed by atoms with Gasteiger partial charge < -0.3 is 65.0 Å². The van der Waals surface area contributed by atoms with Crippen molar-refractivity contribution < 1.29 is 36.7 Å².